The van der Waals surface area contributed by atoms with E-state index < -0.39 is 11.8 Å². The van der Waals surface area contributed by atoms with Crippen molar-refractivity contribution < 1.29 is 14.3 Å². The molecule has 1 aliphatic rings. The van der Waals surface area contributed by atoms with E-state index in [-0.39, 0.29) is 18.6 Å². The van der Waals surface area contributed by atoms with Crippen molar-refractivity contribution in [2.45, 2.75) is 25.6 Å². The van der Waals surface area contributed by atoms with E-state index in [0.29, 0.717) is 0 Å². The molecule has 1 aromatic carbocycles. The first-order valence-corrected chi connectivity index (χ1v) is 11.0. The van der Waals surface area contributed by atoms with E-state index >= 15 is 0 Å². The number of hydrogen-bond donors (Lipinski definition) is 2. The molecule has 3 rings (SSSR count). The van der Waals surface area contributed by atoms with Crippen LogP contribution >= 0.6 is 11.3 Å². The van der Waals surface area contributed by atoms with E-state index in [2.05, 4.69) is 38.9 Å². The van der Waals surface area contributed by atoms with Crippen molar-refractivity contribution in [3.63, 3.8) is 0 Å². The number of methoxy groups -OCH3 is 1. The van der Waals surface area contributed by atoms with Crippen LogP contribution in [0.25, 0.3) is 0 Å². The summed E-state index contributed by atoms with van der Waals surface area (Å²) in [7, 11) is 3.73. The highest BCUT2D eigenvalue weighted by molar-refractivity contribution is 7.10. The summed E-state index contributed by atoms with van der Waals surface area (Å²) in [5.74, 6) is -0.479. The molecule has 1 saturated heterocycles. The van der Waals surface area contributed by atoms with Gasteiger partial charge in [-0.3, -0.25) is 14.5 Å². The van der Waals surface area contributed by atoms with Crippen LogP contribution in [0.4, 0.5) is 0 Å². The number of carbonyl (C=O) groups excluding carboxylic acids is 2. The van der Waals surface area contributed by atoms with Crippen molar-refractivity contribution >= 4 is 23.2 Å². The molecule has 0 radical (unpaired) electrons. The molecule has 8 heteroatoms. The van der Waals surface area contributed by atoms with Crippen LogP contribution < -0.4 is 15.4 Å². The van der Waals surface area contributed by atoms with E-state index in [9.17, 15) is 9.59 Å². The molecule has 0 bridgehead atoms. The third-order valence-electron chi connectivity index (χ3n) is 5.42. The Kier molecular flexibility index (Phi) is 7.84. The van der Waals surface area contributed by atoms with Crippen LogP contribution in [0.5, 0.6) is 5.75 Å². The van der Waals surface area contributed by atoms with Crippen molar-refractivity contribution in [2.75, 3.05) is 40.3 Å². The standard InChI is InChI=1S/C22H30N4O3S/c1-16(20(19-5-4-14-30-19)26-12-10-25(2)11-13-26)24-22(28)21(27)23-15-17-6-8-18(29-3)9-7-17/h4-9,14,16,20H,10-13,15H2,1-3H3,(H,23,27)(H,24,28)/t16-,20-/m0/s1. The lowest BCUT2D eigenvalue weighted by molar-refractivity contribution is -0.140. The van der Waals surface area contributed by atoms with E-state index in [1.54, 1.807) is 18.4 Å². The van der Waals surface area contributed by atoms with Gasteiger partial charge in [-0.15, -0.1) is 11.3 Å². The fourth-order valence-electron chi connectivity index (χ4n) is 3.66. The fraction of sp³-hybridized carbons (Fsp3) is 0.455. The third kappa shape index (κ3) is 5.81. The predicted molar refractivity (Wildman–Crippen MR) is 119 cm³/mol. The Morgan fingerprint density at radius 3 is 2.40 bits per heavy atom. The van der Waals surface area contributed by atoms with Gasteiger partial charge < -0.3 is 20.3 Å². The SMILES string of the molecule is COc1ccc(CNC(=O)C(=O)N[C@@H](C)[C@@H](c2cccs2)N2CCN(C)CC2)cc1. The molecule has 1 aromatic heterocycles. The monoisotopic (exact) mass is 430 g/mol. The Morgan fingerprint density at radius 2 is 1.80 bits per heavy atom. The fourth-order valence-corrected chi connectivity index (χ4v) is 4.62. The van der Waals surface area contributed by atoms with Gasteiger partial charge in [0.2, 0.25) is 0 Å². The maximum atomic E-state index is 12.5. The zero-order chi connectivity index (χ0) is 21.5. The highest BCUT2D eigenvalue weighted by atomic mass is 32.1. The van der Waals surface area contributed by atoms with Gasteiger partial charge in [0.15, 0.2) is 0 Å². The predicted octanol–water partition coefficient (Wildman–Crippen LogP) is 1.87. The largest absolute Gasteiger partial charge is 0.497 e. The van der Waals surface area contributed by atoms with E-state index in [0.717, 1.165) is 37.5 Å². The number of nitrogens with one attached hydrogen (secondary N) is 2. The minimum atomic E-state index is -0.624. The minimum absolute atomic E-state index is 0.0528. The van der Waals surface area contributed by atoms with Gasteiger partial charge in [0.1, 0.15) is 5.75 Å². The van der Waals surface area contributed by atoms with Crippen LogP contribution in [-0.2, 0) is 16.1 Å². The Bertz CT molecular complexity index is 817. The van der Waals surface area contributed by atoms with Gasteiger partial charge in [-0.25, -0.2) is 0 Å². The molecule has 1 fully saturated rings. The molecule has 1 aliphatic heterocycles. The summed E-state index contributed by atoms with van der Waals surface area (Å²) >= 11 is 1.68. The minimum Gasteiger partial charge on any atom is -0.497 e. The molecule has 2 N–H and O–H groups in total. The maximum Gasteiger partial charge on any atom is 0.309 e. The lowest BCUT2D eigenvalue weighted by Gasteiger charge is -2.40. The summed E-state index contributed by atoms with van der Waals surface area (Å²) in [6.45, 7) is 6.11. The first kappa shape index (κ1) is 22.3. The van der Waals surface area contributed by atoms with Crippen LogP contribution in [0.3, 0.4) is 0 Å². The average Bonchev–Trinajstić information content (AvgIpc) is 3.28. The highest BCUT2D eigenvalue weighted by Gasteiger charge is 2.31. The van der Waals surface area contributed by atoms with Crippen LogP contribution in [0, 0.1) is 0 Å². The number of ether oxygens (including phenoxy) is 1. The Labute approximate surface area is 182 Å². The number of benzene rings is 1. The molecule has 30 heavy (non-hydrogen) atoms. The van der Waals surface area contributed by atoms with Gasteiger partial charge in [0, 0.05) is 43.6 Å². The van der Waals surface area contributed by atoms with Crippen molar-refractivity contribution in [1.29, 1.82) is 0 Å². The van der Waals surface area contributed by atoms with Crippen LogP contribution in [-0.4, -0.2) is 68.0 Å². The molecule has 0 saturated carbocycles. The Balaban J connectivity index is 1.57. The number of amides is 2. The second kappa shape index (κ2) is 10.6. The Morgan fingerprint density at radius 1 is 1.10 bits per heavy atom. The maximum absolute atomic E-state index is 12.5. The molecule has 2 amide bonds. The van der Waals surface area contributed by atoms with Gasteiger partial charge in [-0.2, -0.15) is 0 Å². The van der Waals surface area contributed by atoms with E-state index in [1.165, 1.54) is 4.88 Å². The van der Waals surface area contributed by atoms with Crippen molar-refractivity contribution in [3.8, 4) is 5.75 Å². The molecule has 2 atom stereocenters. The zero-order valence-electron chi connectivity index (χ0n) is 17.8. The zero-order valence-corrected chi connectivity index (χ0v) is 18.6. The molecule has 0 aliphatic carbocycles. The van der Waals surface area contributed by atoms with Gasteiger partial charge in [-0.1, -0.05) is 18.2 Å². The lowest BCUT2D eigenvalue weighted by Crippen LogP contribution is -2.53. The lowest BCUT2D eigenvalue weighted by atomic mass is 10.0. The Hall–Kier alpha value is -2.42. The van der Waals surface area contributed by atoms with Gasteiger partial charge in [0.05, 0.1) is 13.2 Å². The van der Waals surface area contributed by atoms with Crippen LogP contribution in [0.2, 0.25) is 0 Å². The summed E-state index contributed by atoms with van der Waals surface area (Å²) in [4.78, 5) is 30.8. The van der Waals surface area contributed by atoms with Crippen molar-refractivity contribution in [3.05, 3.63) is 52.2 Å². The molecule has 162 valence electrons. The topological polar surface area (TPSA) is 73.9 Å². The molecule has 0 spiro atoms. The first-order chi connectivity index (χ1) is 14.5. The second-order valence-electron chi connectivity index (χ2n) is 7.59. The third-order valence-corrected chi connectivity index (χ3v) is 6.36. The quantitative estimate of drug-likeness (QED) is 0.656. The summed E-state index contributed by atoms with van der Waals surface area (Å²) < 4.78 is 5.13. The van der Waals surface area contributed by atoms with Crippen molar-refractivity contribution in [1.82, 2.24) is 20.4 Å². The van der Waals surface area contributed by atoms with Gasteiger partial charge in [-0.05, 0) is 43.1 Å². The molecule has 2 aromatic rings. The summed E-state index contributed by atoms with van der Waals surface area (Å²) in [6.07, 6.45) is 0. The number of likely N-dealkylation sites (N-methyl/N-ethyl adjacent to an activating group) is 1. The number of hydrogen-bond acceptors (Lipinski definition) is 6. The number of rotatable bonds is 7. The first-order valence-electron chi connectivity index (χ1n) is 10.2. The summed E-state index contributed by atoms with van der Waals surface area (Å²) in [5.41, 5.74) is 0.902. The smallest absolute Gasteiger partial charge is 0.309 e. The number of thiophene rings is 1. The summed E-state index contributed by atoms with van der Waals surface area (Å²) in [6, 6.07) is 11.4. The van der Waals surface area contributed by atoms with Crippen LogP contribution in [0.15, 0.2) is 41.8 Å². The molecular formula is C22H30N4O3S. The molecule has 2 heterocycles. The normalized spacial score (nSPS) is 17.2. The van der Waals surface area contributed by atoms with Gasteiger partial charge in [0.25, 0.3) is 0 Å². The second-order valence-corrected chi connectivity index (χ2v) is 8.57. The number of piperazine rings is 1. The molecule has 7 nitrogen and oxygen atoms in total. The average molecular weight is 431 g/mol. The molecule has 0 unspecified atom stereocenters. The van der Waals surface area contributed by atoms with Crippen LogP contribution in [0.1, 0.15) is 23.4 Å². The van der Waals surface area contributed by atoms with Gasteiger partial charge >= 0.3 is 11.8 Å². The van der Waals surface area contributed by atoms with E-state index in [4.69, 9.17) is 4.74 Å². The van der Waals surface area contributed by atoms with Crippen molar-refractivity contribution in [2.24, 2.45) is 0 Å². The van der Waals surface area contributed by atoms with E-state index in [1.807, 2.05) is 37.3 Å². The number of nitrogens with zero attached hydrogens (tertiary/aromatic N) is 2. The number of carbonyl (C=O) groups is 2. The molecular weight excluding hydrogens is 400 g/mol. The summed E-state index contributed by atoms with van der Waals surface area (Å²) in [5, 5.41) is 7.65. The highest BCUT2D eigenvalue weighted by Crippen LogP contribution is 2.29.